The monoisotopic (exact) mass is 749 g/mol. The Morgan fingerprint density at radius 2 is 0.839 bits per heavy atom. The van der Waals surface area contributed by atoms with E-state index in [4.69, 9.17) is 15.0 Å². The molecule has 262 valence electrons. The molecule has 0 saturated carbocycles. The SMILES string of the molecule is c1ccc(-c2cccc(-c3ccc(-c4cccc5c4sc4cc(-c6nc(-c7ccccc7)nc(-c7ccccc7)n6)ccc45)c4c3sc3ccccc34)c2)cc1. The van der Waals surface area contributed by atoms with E-state index in [9.17, 15) is 0 Å². The summed E-state index contributed by atoms with van der Waals surface area (Å²) in [5.74, 6) is 1.99. The van der Waals surface area contributed by atoms with Gasteiger partial charge in [-0.1, -0.05) is 170 Å². The molecule has 0 aliphatic heterocycles. The van der Waals surface area contributed by atoms with Crippen molar-refractivity contribution in [2.24, 2.45) is 0 Å². The third kappa shape index (κ3) is 5.60. The molecule has 3 aromatic heterocycles. The Morgan fingerprint density at radius 3 is 1.57 bits per heavy atom. The third-order valence-corrected chi connectivity index (χ3v) is 13.0. The van der Waals surface area contributed by atoms with Crippen LogP contribution in [-0.2, 0) is 0 Å². The average molecular weight is 750 g/mol. The molecule has 0 bridgehead atoms. The maximum absolute atomic E-state index is 5.02. The summed E-state index contributed by atoms with van der Waals surface area (Å²) in [6.07, 6.45) is 0. The first-order valence-electron chi connectivity index (χ1n) is 18.7. The molecule has 0 saturated heterocycles. The lowest BCUT2D eigenvalue weighted by Gasteiger charge is -2.12. The summed E-state index contributed by atoms with van der Waals surface area (Å²) in [5, 5.41) is 5.09. The normalized spacial score (nSPS) is 11.6. The van der Waals surface area contributed by atoms with Gasteiger partial charge in [-0.3, -0.25) is 0 Å². The second-order valence-electron chi connectivity index (χ2n) is 13.9. The summed E-state index contributed by atoms with van der Waals surface area (Å²) in [4.78, 5) is 15.0. The second kappa shape index (κ2) is 13.5. The highest BCUT2D eigenvalue weighted by molar-refractivity contribution is 7.27. The average Bonchev–Trinajstić information content (AvgIpc) is 3.86. The van der Waals surface area contributed by atoms with Crippen LogP contribution in [-0.4, -0.2) is 15.0 Å². The molecule has 3 nitrogen and oxygen atoms in total. The molecule has 8 aromatic carbocycles. The van der Waals surface area contributed by atoms with E-state index in [0.29, 0.717) is 17.5 Å². The molecule has 0 aliphatic rings. The van der Waals surface area contributed by atoms with E-state index in [1.807, 2.05) is 83.3 Å². The van der Waals surface area contributed by atoms with Crippen LogP contribution in [0.15, 0.2) is 188 Å². The van der Waals surface area contributed by atoms with Crippen LogP contribution in [0.5, 0.6) is 0 Å². The van der Waals surface area contributed by atoms with E-state index in [-0.39, 0.29) is 0 Å². The van der Waals surface area contributed by atoms with Crippen LogP contribution in [0.3, 0.4) is 0 Å². The van der Waals surface area contributed by atoms with Crippen molar-refractivity contribution in [1.82, 2.24) is 15.0 Å². The molecule has 56 heavy (non-hydrogen) atoms. The fourth-order valence-corrected chi connectivity index (χ4v) is 10.4. The summed E-state index contributed by atoms with van der Waals surface area (Å²) in [6.45, 7) is 0. The van der Waals surface area contributed by atoms with Crippen LogP contribution in [0.1, 0.15) is 0 Å². The van der Waals surface area contributed by atoms with Crippen molar-refractivity contribution in [3.05, 3.63) is 188 Å². The number of fused-ring (bicyclic) bond motifs is 6. The van der Waals surface area contributed by atoms with Gasteiger partial charge in [0.05, 0.1) is 0 Å². The van der Waals surface area contributed by atoms with Gasteiger partial charge in [0.15, 0.2) is 17.5 Å². The summed E-state index contributed by atoms with van der Waals surface area (Å²) >= 11 is 3.73. The molecule has 3 heterocycles. The Labute approximate surface area is 331 Å². The van der Waals surface area contributed by atoms with Crippen molar-refractivity contribution in [1.29, 1.82) is 0 Å². The van der Waals surface area contributed by atoms with Crippen molar-refractivity contribution < 1.29 is 0 Å². The van der Waals surface area contributed by atoms with Crippen molar-refractivity contribution in [2.45, 2.75) is 0 Å². The molecule has 0 N–H and O–H groups in total. The van der Waals surface area contributed by atoms with Gasteiger partial charge in [0, 0.05) is 62.6 Å². The fraction of sp³-hybridized carbons (Fsp3) is 0. The minimum absolute atomic E-state index is 0.662. The Bertz CT molecular complexity index is 3180. The lowest BCUT2D eigenvalue weighted by Crippen LogP contribution is -1.99. The first-order chi connectivity index (χ1) is 27.7. The highest BCUT2D eigenvalue weighted by atomic mass is 32.1. The third-order valence-electron chi connectivity index (χ3n) is 10.6. The van der Waals surface area contributed by atoms with E-state index in [1.165, 1.54) is 73.7 Å². The van der Waals surface area contributed by atoms with E-state index in [1.54, 1.807) is 0 Å². The van der Waals surface area contributed by atoms with E-state index < -0.39 is 0 Å². The Morgan fingerprint density at radius 1 is 0.286 bits per heavy atom. The number of aromatic nitrogens is 3. The van der Waals surface area contributed by atoms with Gasteiger partial charge in [-0.05, 0) is 46.0 Å². The van der Waals surface area contributed by atoms with Crippen molar-refractivity contribution >= 4 is 63.0 Å². The van der Waals surface area contributed by atoms with Crippen molar-refractivity contribution in [3.8, 4) is 67.5 Å². The number of rotatable bonds is 6. The Balaban J connectivity index is 1.07. The maximum atomic E-state index is 5.02. The molecule has 0 spiro atoms. The van der Waals surface area contributed by atoms with Gasteiger partial charge in [-0.15, -0.1) is 22.7 Å². The van der Waals surface area contributed by atoms with Crippen molar-refractivity contribution in [3.63, 3.8) is 0 Å². The highest BCUT2D eigenvalue weighted by Gasteiger charge is 2.20. The highest BCUT2D eigenvalue weighted by Crippen LogP contribution is 2.48. The molecule has 5 heteroatoms. The maximum Gasteiger partial charge on any atom is 0.164 e. The standard InChI is InChI=1S/C51H31N3S2/c1-4-14-32(15-5-1)35-20-12-21-36(30-35)38-28-29-40(46-43-22-10-11-25-44(43)55-48(38)46)42-24-13-23-41-39-27-26-37(31-45(39)56-47(41)42)51-53-49(33-16-6-2-7-17-33)52-50(54-51)34-18-8-3-9-19-34/h1-31H. The van der Waals surface area contributed by atoms with Gasteiger partial charge < -0.3 is 0 Å². The Hall–Kier alpha value is -6.79. The van der Waals surface area contributed by atoms with Crippen LogP contribution in [0.4, 0.5) is 0 Å². The summed E-state index contributed by atoms with van der Waals surface area (Å²) in [7, 11) is 0. The summed E-state index contributed by atoms with van der Waals surface area (Å²) in [6, 6.07) is 66.8. The zero-order valence-electron chi connectivity index (χ0n) is 30.1. The molecule has 11 rings (SSSR count). The second-order valence-corrected chi connectivity index (χ2v) is 16.0. The van der Waals surface area contributed by atoms with Crippen LogP contribution >= 0.6 is 22.7 Å². The van der Waals surface area contributed by atoms with Gasteiger partial charge in [0.1, 0.15) is 0 Å². The predicted molar refractivity (Wildman–Crippen MR) is 238 cm³/mol. The van der Waals surface area contributed by atoms with Crippen LogP contribution in [0.25, 0.3) is 108 Å². The quantitative estimate of drug-likeness (QED) is 0.170. The Kier molecular flexibility index (Phi) is 7.87. The zero-order chi connectivity index (χ0) is 37.0. The molecule has 0 radical (unpaired) electrons. The number of thiophene rings is 2. The summed E-state index contributed by atoms with van der Waals surface area (Å²) in [5.41, 5.74) is 10.3. The first-order valence-corrected chi connectivity index (χ1v) is 20.3. The number of hydrogen-bond acceptors (Lipinski definition) is 5. The predicted octanol–water partition coefficient (Wildman–Crippen LogP) is 14.6. The van der Waals surface area contributed by atoms with Gasteiger partial charge >= 0.3 is 0 Å². The van der Waals surface area contributed by atoms with Crippen LogP contribution in [0.2, 0.25) is 0 Å². The van der Waals surface area contributed by atoms with E-state index >= 15 is 0 Å². The molecule has 0 atom stereocenters. The van der Waals surface area contributed by atoms with E-state index in [2.05, 4.69) is 127 Å². The number of hydrogen-bond donors (Lipinski definition) is 0. The van der Waals surface area contributed by atoms with Crippen molar-refractivity contribution in [2.75, 3.05) is 0 Å². The lowest BCUT2D eigenvalue weighted by molar-refractivity contribution is 1.07. The minimum Gasteiger partial charge on any atom is -0.208 e. The molecular weight excluding hydrogens is 719 g/mol. The topological polar surface area (TPSA) is 38.7 Å². The first kappa shape index (κ1) is 32.6. The van der Waals surface area contributed by atoms with Crippen LogP contribution in [0, 0.1) is 0 Å². The molecule has 0 fully saturated rings. The zero-order valence-corrected chi connectivity index (χ0v) is 31.7. The summed E-state index contributed by atoms with van der Waals surface area (Å²) < 4.78 is 5.09. The van der Waals surface area contributed by atoms with Gasteiger partial charge in [0.2, 0.25) is 0 Å². The fourth-order valence-electron chi connectivity index (χ4n) is 7.86. The lowest BCUT2D eigenvalue weighted by atomic mass is 9.93. The minimum atomic E-state index is 0.662. The van der Waals surface area contributed by atoms with Crippen LogP contribution < -0.4 is 0 Å². The molecule has 0 unspecified atom stereocenters. The smallest absolute Gasteiger partial charge is 0.164 e. The van der Waals surface area contributed by atoms with E-state index in [0.717, 1.165) is 16.7 Å². The molecular formula is C51H31N3S2. The number of benzene rings is 8. The molecule has 11 aromatic rings. The molecule has 0 aliphatic carbocycles. The largest absolute Gasteiger partial charge is 0.208 e. The number of nitrogens with zero attached hydrogens (tertiary/aromatic N) is 3. The van der Waals surface area contributed by atoms with Gasteiger partial charge in [-0.2, -0.15) is 0 Å². The molecule has 0 amide bonds. The van der Waals surface area contributed by atoms with Gasteiger partial charge in [0.25, 0.3) is 0 Å². The van der Waals surface area contributed by atoms with Gasteiger partial charge in [-0.25, -0.2) is 15.0 Å².